The summed E-state index contributed by atoms with van der Waals surface area (Å²) in [6.45, 7) is 2.00. The molecule has 0 aromatic heterocycles. The molecule has 0 radical (unpaired) electrons. The molecule has 2 aromatic carbocycles. The summed E-state index contributed by atoms with van der Waals surface area (Å²) in [6.07, 6.45) is -0.333. The van der Waals surface area contributed by atoms with Crippen LogP contribution in [0, 0.1) is 11.3 Å². The van der Waals surface area contributed by atoms with Crippen LogP contribution >= 0.6 is 11.6 Å². The molecule has 6 nitrogen and oxygen atoms in total. The second kappa shape index (κ2) is 7.69. The summed E-state index contributed by atoms with van der Waals surface area (Å²) >= 11 is 6.13. The molecule has 0 saturated carbocycles. The van der Waals surface area contributed by atoms with Crippen LogP contribution in [0.5, 0.6) is 0 Å². The fraction of sp³-hybridized carbons (Fsp3) is 0.263. The Morgan fingerprint density at radius 3 is 2.67 bits per heavy atom. The van der Waals surface area contributed by atoms with Crippen LogP contribution in [-0.4, -0.2) is 31.3 Å². The molecule has 2 aromatic rings. The molecule has 0 unspecified atom stereocenters. The first-order valence-electron chi connectivity index (χ1n) is 8.30. The Balaban J connectivity index is 1.92. The number of sulfonamides is 1. The number of nitriles is 1. The quantitative estimate of drug-likeness (QED) is 0.730. The summed E-state index contributed by atoms with van der Waals surface area (Å²) in [5.41, 5.74) is 2.09. The first-order valence-corrected chi connectivity index (χ1v) is 10.1. The molecule has 3 rings (SSSR count). The Bertz CT molecular complexity index is 1030. The molecule has 0 fully saturated rings. The number of ether oxygens (including phenoxy) is 1. The molecule has 1 atom stereocenters. The van der Waals surface area contributed by atoms with Gasteiger partial charge in [-0.05, 0) is 42.7 Å². The molecular weight excluding hydrogens is 388 g/mol. The van der Waals surface area contributed by atoms with Crippen molar-refractivity contribution in [2.24, 2.45) is 0 Å². The SMILES string of the molecule is C[C@@H](C#N)OC(=O)c1ccc(Cl)c(S(=O)(=O)N2CCc3ccccc3C2)c1. The maximum atomic E-state index is 13.1. The van der Waals surface area contributed by atoms with Gasteiger partial charge in [0.05, 0.1) is 10.6 Å². The van der Waals surface area contributed by atoms with Crippen LogP contribution in [-0.2, 0) is 27.7 Å². The molecule has 140 valence electrons. The lowest BCUT2D eigenvalue weighted by Crippen LogP contribution is -2.36. The number of nitrogens with zero attached hydrogens (tertiary/aromatic N) is 2. The number of halogens is 1. The van der Waals surface area contributed by atoms with E-state index in [9.17, 15) is 13.2 Å². The Morgan fingerprint density at radius 1 is 1.26 bits per heavy atom. The second-order valence-corrected chi connectivity index (χ2v) is 8.49. The van der Waals surface area contributed by atoms with Crippen LogP contribution in [0.1, 0.15) is 28.4 Å². The fourth-order valence-electron chi connectivity index (χ4n) is 2.90. The molecule has 1 heterocycles. The van der Waals surface area contributed by atoms with E-state index in [-0.39, 0.29) is 22.0 Å². The number of esters is 1. The average Bonchev–Trinajstić information content (AvgIpc) is 2.67. The van der Waals surface area contributed by atoms with Crippen molar-refractivity contribution in [3.63, 3.8) is 0 Å². The molecule has 27 heavy (non-hydrogen) atoms. The largest absolute Gasteiger partial charge is 0.444 e. The van der Waals surface area contributed by atoms with Gasteiger partial charge in [-0.25, -0.2) is 13.2 Å². The van der Waals surface area contributed by atoms with Gasteiger partial charge in [0.2, 0.25) is 10.0 Å². The van der Waals surface area contributed by atoms with Crippen molar-refractivity contribution in [3.8, 4) is 6.07 Å². The third-order valence-electron chi connectivity index (χ3n) is 4.35. The summed E-state index contributed by atoms with van der Waals surface area (Å²) < 4.78 is 32.5. The number of rotatable bonds is 4. The van der Waals surface area contributed by atoms with Gasteiger partial charge >= 0.3 is 5.97 Å². The van der Waals surface area contributed by atoms with Crippen molar-refractivity contribution in [1.82, 2.24) is 4.31 Å². The third-order valence-corrected chi connectivity index (χ3v) is 6.67. The zero-order chi connectivity index (χ0) is 19.6. The standard InChI is InChI=1S/C19H17ClN2O4S/c1-13(11-21)26-19(23)15-6-7-17(20)18(10-15)27(24,25)22-9-8-14-4-2-3-5-16(14)12-22/h2-7,10,13H,8-9,12H2,1H3/t13-/m0/s1. The van der Waals surface area contributed by atoms with E-state index < -0.39 is 22.1 Å². The molecule has 0 aliphatic carbocycles. The van der Waals surface area contributed by atoms with Gasteiger partial charge in [-0.15, -0.1) is 0 Å². The van der Waals surface area contributed by atoms with Crippen LogP contribution in [0.25, 0.3) is 0 Å². The lowest BCUT2D eigenvalue weighted by Gasteiger charge is -2.28. The Hall–Kier alpha value is -2.40. The smallest absolute Gasteiger partial charge is 0.339 e. The zero-order valence-electron chi connectivity index (χ0n) is 14.6. The number of carbonyl (C=O) groups is 1. The van der Waals surface area contributed by atoms with E-state index in [1.165, 1.54) is 29.4 Å². The molecule has 0 amide bonds. The molecule has 0 saturated heterocycles. The summed E-state index contributed by atoms with van der Waals surface area (Å²) in [4.78, 5) is 12.0. The lowest BCUT2D eigenvalue weighted by atomic mass is 10.0. The van der Waals surface area contributed by atoms with E-state index >= 15 is 0 Å². The predicted octanol–water partition coefficient (Wildman–Crippen LogP) is 3.16. The molecule has 0 spiro atoms. The highest BCUT2D eigenvalue weighted by molar-refractivity contribution is 7.89. The highest BCUT2D eigenvalue weighted by Gasteiger charge is 2.30. The zero-order valence-corrected chi connectivity index (χ0v) is 16.1. The summed E-state index contributed by atoms with van der Waals surface area (Å²) in [6, 6.07) is 13.4. The van der Waals surface area contributed by atoms with Crippen LogP contribution in [0.4, 0.5) is 0 Å². The van der Waals surface area contributed by atoms with Crippen LogP contribution < -0.4 is 0 Å². The van der Waals surface area contributed by atoms with Crippen molar-refractivity contribution < 1.29 is 17.9 Å². The van der Waals surface area contributed by atoms with Gasteiger partial charge in [0.1, 0.15) is 11.0 Å². The topological polar surface area (TPSA) is 87.5 Å². The normalized spacial score (nSPS) is 15.4. The Labute approximate surface area is 163 Å². The average molecular weight is 405 g/mol. The van der Waals surface area contributed by atoms with Crippen molar-refractivity contribution in [2.45, 2.75) is 30.9 Å². The van der Waals surface area contributed by atoms with Crippen LogP contribution in [0.3, 0.4) is 0 Å². The number of hydrogen-bond donors (Lipinski definition) is 0. The Kier molecular flexibility index (Phi) is 5.51. The minimum absolute atomic E-state index is 0.0254. The van der Waals surface area contributed by atoms with E-state index in [2.05, 4.69) is 0 Å². The Morgan fingerprint density at radius 2 is 1.96 bits per heavy atom. The van der Waals surface area contributed by atoms with Gasteiger partial charge in [0, 0.05) is 13.1 Å². The highest BCUT2D eigenvalue weighted by Crippen LogP contribution is 2.30. The summed E-state index contributed by atoms with van der Waals surface area (Å²) in [7, 11) is -3.90. The molecular formula is C19H17ClN2O4S. The number of fused-ring (bicyclic) bond motifs is 1. The number of hydrogen-bond acceptors (Lipinski definition) is 5. The molecule has 1 aliphatic rings. The van der Waals surface area contributed by atoms with Crippen molar-refractivity contribution in [2.75, 3.05) is 6.54 Å². The van der Waals surface area contributed by atoms with Crippen molar-refractivity contribution in [1.29, 1.82) is 5.26 Å². The summed E-state index contributed by atoms with van der Waals surface area (Å²) in [5.74, 6) is -0.777. The van der Waals surface area contributed by atoms with Crippen molar-refractivity contribution in [3.05, 3.63) is 64.2 Å². The predicted molar refractivity (Wildman–Crippen MR) is 99.7 cm³/mol. The van der Waals surface area contributed by atoms with E-state index in [0.29, 0.717) is 13.0 Å². The number of benzene rings is 2. The van der Waals surface area contributed by atoms with Gasteiger partial charge in [-0.3, -0.25) is 0 Å². The number of carbonyl (C=O) groups excluding carboxylic acids is 1. The first-order chi connectivity index (χ1) is 12.8. The van der Waals surface area contributed by atoms with Gasteiger partial charge in [0.25, 0.3) is 0 Å². The molecule has 8 heteroatoms. The minimum atomic E-state index is -3.90. The molecule has 1 aliphatic heterocycles. The maximum Gasteiger partial charge on any atom is 0.339 e. The van der Waals surface area contributed by atoms with Gasteiger partial charge in [-0.1, -0.05) is 35.9 Å². The second-order valence-electron chi connectivity index (χ2n) is 6.18. The summed E-state index contributed by atoms with van der Waals surface area (Å²) in [5, 5.41) is 8.78. The highest BCUT2D eigenvalue weighted by atomic mass is 35.5. The van der Waals surface area contributed by atoms with Gasteiger partial charge < -0.3 is 4.74 Å². The maximum absolute atomic E-state index is 13.1. The van der Waals surface area contributed by atoms with Crippen molar-refractivity contribution >= 4 is 27.6 Å². The third kappa shape index (κ3) is 3.98. The monoisotopic (exact) mass is 404 g/mol. The van der Waals surface area contributed by atoms with E-state index in [1.807, 2.05) is 24.3 Å². The van der Waals surface area contributed by atoms with E-state index in [0.717, 1.165) is 11.1 Å². The van der Waals surface area contributed by atoms with E-state index in [4.69, 9.17) is 21.6 Å². The van der Waals surface area contributed by atoms with E-state index in [1.54, 1.807) is 6.07 Å². The molecule has 0 N–H and O–H groups in total. The van der Waals surface area contributed by atoms with Gasteiger partial charge in [0.15, 0.2) is 6.10 Å². The first kappa shape index (κ1) is 19.4. The molecule has 0 bridgehead atoms. The fourth-order valence-corrected chi connectivity index (χ4v) is 4.82. The van der Waals surface area contributed by atoms with Crippen LogP contribution in [0.15, 0.2) is 47.4 Å². The van der Waals surface area contributed by atoms with Crippen LogP contribution in [0.2, 0.25) is 5.02 Å². The minimum Gasteiger partial charge on any atom is -0.444 e. The lowest BCUT2D eigenvalue weighted by molar-refractivity contribution is 0.0435. The van der Waals surface area contributed by atoms with Gasteiger partial charge in [-0.2, -0.15) is 9.57 Å².